The summed E-state index contributed by atoms with van der Waals surface area (Å²) >= 11 is 0. The van der Waals surface area contributed by atoms with E-state index >= 15 is 0 Å². The number of pyridine rings is 2. The molecule has 0 atom stereocenters. The second-order valence-corrected chi connectivity index (χ2v) is 5.58. The Morgan fingerprint density at radius 2 is 1.85 bits per heavy atom. The van der Waals surface area contributed by atoms with E-state index in [0.29, 0.717) is 10.9 Å². The van der Waals surface area contributed by atoms with Crippen LogP contribution in [0.3, 0.4) is 0 Å². The highest BCUT2D eigenvalue weighted by molar-refractivity contribution is 6.01. The summed E-state index contributed by atoms with van der Waals surface area (Å²) in [5.74, 6) is -2.84. The molecule has 8 heteroatoms. The minimum Gasteiger partial charge on any atom is -0.504 e. The van der Waals surface area contributed by atoms with Crippen molar-refractivity contribution in [2.24, 2.45) is 0 Å². The van der Waals surface area contributed by atoms with Gasteiger partial charge in [0, 0.05) is 24.3 Å². The van der Waals surface area contributed by atoms with Crippen LogP contribution in [-0.4, -0.2) is 43.5 Å². The number of rotatable bonds is 5. The van der Waals surface area contributed by atoms with Gasteiger partial charge in [-0.2, -0.15) is 0 Å². The molecule has 0 saturated heterocycles. The molecule has 0 aliphatic heterocycles. The Kier molecular flexibility index (Phi) is 4.74. The molecule has 1 aromatic carbocycles. The highest BCUT2D eigenvalue weighted by Gasteiger charge is 2.24. The molecule has 26 heavy (non-hydrogen) atoms. The van der Waals surface area contributed by atoms with E-state index < -0.39 is 30.0 Å². The molecule has 132 valence electrons. The van der Waals surface area contributed by atoms with Gasteiger partial charge in [0.1, 0.15) is 17.9 Å². The molecule has 2 heterocycles. The number of amides is 1. The van der Waals surface area contributed by atoms with Gasteiger partial charge >= 0.3 is 5.97 Å². The third-order valence-corrected chi connectivity index (χ3v) is 3.72. The van der Waals surface area contributed by atoms with Crippen LogP contribution in [0.5, 0.6) is 5.75 Å². The van der Waals surface area contributed by atoms with Crippen molar-refractivity contribution in [2.75, 3.05) is 6.54 Å². The zero-order chi connectivity index (χ0) is 18.7. The van der Waals surface area contributed by atoms with E-state index in [2.05, 4.69) is 9.97 Å². The lowest BCUT2D eigenvalue weighted by atomic mass is 10.1. The monoisotopic (exact) mass is 355 g/mol. The fourth-order valence-corrected chi connectivity index (χ4v) is 2.51. The minimum absolute atomic E-state index is 0.0766. The van der Waals surface area contributed by atoms with E-state index in [4.69, 9.17) is 5.11 Å². The van der Waals surface area contributed by atoms with Crippen LogP contribution in [-0.2, 0) is 11.3 Å². The molecule has 0 saturated carbocycles. The standard InChI is InChI=1S/C18H14FN3O4/c19-13-5-3-11(4-6-13)9-22(10-14(23)24)18(26)16-17(25)15-12(8-21-16)2-1-7-20-15/h1-8,25H,9-10H2,(H,23,24). The van der Waals surface area contributed by atoms with Crippen molar-refractivity contribution in [1.29, 1.82) is 0 Å². The van der Waals surface area contributed by atoms with Gasteiger partial charge in [0.05, 0.1) is 0 Å². The van der Waals surface area contributed by atoms with E-state index in [0.717, 1.165) is 4.90 Å². The van der Waals surface area contributed by atoms with Gasteiger partial charge in [0.2, 0.25) is 0 Å². The average Bonchev–Trinajstić information content (AvgIpc) is 2.63. The zero-order valence-corrected chi connectivity index (χ0v) is 13.5. The summed E-state index contributed by atoms with van der Waals surface area (Å²) in [6.45, 7) is -0.676. The second kappa shape index (κ2) is 7.14. The molecular weight excluding hydrogens is 341 g/mol. The number of aromatic nitrogens is 2. The van der Waals surface area contributed by atoms with Gasteiger partial charge in [-0.15, -0.1) is 0 Å². The summed E-state index contributed by atoms with van der Waals surface area (Å²) in [6, 6.07) is 8.68. The van der Waals surface area contributed by atoms with Crippen LogP contribution >= 0.6 is 0 Å². The third-order valence-electron chi connectivity index (χ3n) is 3.72. The van der Waals surface area contributed by atoms with Crippen molar-refractivity contribution in [3.05, 3.63) is 65.9 Å². The maximum atomic E-state index is 13.0. The summed E-state index contributed by atoms with van der Waals surface area (Å²) < 4.78 is 13.0. The highest BCUT2D eigenvalue weighted by atomic mass is 19.1. The van der Waals surface area contributed by atoms with Gasteiger partial charge in [-0.25, -0.2) is 9.37 Å². The lowest BCUT2D eigenvalue weighted by Crippen LogP contribution is -2.35. The van der Waals surface area contributed by atoms with Gasteiger partial charge in [0.25, 0.3) is 5.91 Å². The smallest absolute Gasteiger partial charge is 0.323 e. The number of aliphatic carboxylic acids is 1. The Labute approximate surface area is 147 Å². The number of carbonyl (C=O) groups excluding carboxylic acids is 1. The summed E-state index contributed by atoms with van der Waals surface area (Å²) in [6.07, 6.45) is 2.84. The van der Waals surface area contributed by atoms with Gasteiger partial charge in [-0.3, -0.25) is 14.6 Å². The molecule has 2 aromatic heterocycles. The van der Waals surface area contributed by atoms with Crippen molar-refractivity contribution in [2.45, 2.75) is 6.54 Å². The Morgan fingerprint density at radius 1 is 1.12 bits per heavy atom. The van der Waals surface area contributed by atoms with Gasteiger partial charge < -0.3 is 15.1 Å². The first-order chi connectivity index (χ1) is 12.5. The van der Waals surface area contributed by atoms with Gasteiger partial charge in [0.15, 0.2) is 11.4 Å². The minimum atomic E-state index is -1.22. The molecule has 0 radical (unpaired) electrons. The number of fused-ring (bicyclic) bond motifs is 1. The van der Waals surface area contributed by atoms with Crippen LogP contribution in [0, 0.1) is 5.82 Å². The number of aromatic hydroxyl groups is 1. The molecule has 0 unspecified atom stereocenters. The summed E-state index contributed by atoms with van der Waals surface area (Å²) in [4.78, 5) is 32.9. The first-order valence-electron chi connectivity index (χ1n) is 7.64. The molecular formula is C18H14FN3O4. The normalized spacial score (nSPS) is 10.7. The molecule has 1 amide bonds. The lowest BCUT2D eigenvalue weighted by molar-refractivity contribution is -0.137. The number of nitrogens with zero attached hydrogens (tertiary/aromatic N) is 3. The summed E-state index contributed by atoms with van der Waals surface area (Å²) in [5.41, 5.74) is 0.446. The Bertz CT molecular complexity index is 976. The topological polar surface area (TPSA) is 104 Å². The molecule has 2 N–H and O–H groups in total. The molecule has 0 bridgehead atoms. The number of benzene rings is 1. The largest absolute Gasteiger partial charge is 0.504 e. The first-order valence-corrected chi connectivity index (χ1v) is 7.64. The van der Waals surface area contributed by atoms with Crippen molar-refractivity contribution in [1.82, 2.24) is 14.9 Å². The number of carboxylic acids is 1. The number of halogens is 1. The fourth-order valence-electron chi connectivity index (χ4n) is 2.51. The van der Waals surface area contributed by atoms with E-state index in [-0.39, 0.29) is 17.8 Å². The zero-order valence-electron chi connectivity index (χ0n) is 13.5. The highest BCUT2D eigenvalue weighted by Crippen LogP contribution is 2.26. The van der Waals surface area contributed by atoms with Crippen LogP contribution in [0.25, 0.3) is 10.9 Å². The average molecular weight is 355 g/mol. The van der Waals surface area contributed by atoms with Crippen LogP contribution < -0.4 is 0 Å². The van der Waals surface area contributed by atoms with Crippen LogP contribution in [0.15, 0.2) is 48.8 Å². The summed E-state index contributed by atoms with van der Waals surface area (Å²) in [7, 11) is 0. The molecule has 0 fully saturated rings. The Morgan fingerprint density at radius 3 is 2.54 bits per heavy atom. The van der Waals surface area contributed by atoms with Crippen LogP contribution in [0.2, 0.25) is 0 Å². The second-order valence-electron chi connectivity index (χ2n) is 5.58. The molecule has 3 rings (SSSR count). The van der Waals surface area contributed by atoms with E-state index in [9.17, 15) is 19.1 Å². The molecule has 0 aliphatic rings. The predicted molar refractivity (Wildman–Crippen MR) is 90.0 cm³/mol. The number of hydrogen-bond donors (Lipinski definition) is 2. The van der Waals surface area contributed by atoms with Crippen molar-refractivity contribution >= 4 is 22.8 Å². The van der Waals surface area contributed by atoms with E-state index in [1.165, 1.54) is 36.7 Å². The Hall–Kier alpha value is -3.55. The van der Waals surface area contributed by atoms with E-state index in [1.54, 1.807) is 12.1 Å². The van der Waals surface area contributed by atoms with E-state index in [1.807, 2.05) is 0 Å². The van der Waals surface area contributed by atoms with Crippen LogP contribution in [0.1, 0.15) is 16.1 Å². The molecule has 0 aliphatic carbocycles. The lowest BCUT2D eigenvalue weighted by Gasteiger charge is -2.21. The fraction of sp³-hybridized carbons (Fsp3) is 0.111. The molecule has 3 aromatic rings. The first kappa shape index (κ1) is 17.3. The van der Waals surface area contributed by atoms with Gasteiger partial charge in [-0.1, -0.05) is 12.1 Å². The predicted octanol–water partition coefficient (Wildman–Crippen LogP) is 2.20. The number of hydrogen-bond acceptors (Lipinski definition) is 5. The molecule has 7 nitrogen and oxygen atoms in total. The quantitative estimate of drug-likeness (QED) is 0.727. The maximum absolute atomic E-state index is 13.0. The molecule has 0 spiro atoms. The Balaban J connectivity index is 1.95. The maximum Gasteiger partial charge on any atom is 0.323 e. The van der Waals surface area contributed by atoms with Crippen LogP contribution in [0.4, 0.5) is 4.39 Å². The van der Waals surface area contributed by atoms with Crippen molar-refractivity contribution in [3.63, 3.8) is 0 Å². The van der Waals surface area contributed by atoms with Crippen molar-refractivity contribution in [3.8, 4) is 5.75 Å². The summed E-state index contributed by atoms with van der Waals surface area (Å²) in [5, 5.41) is 20.0. The van der Waals surface area contributed by atoms with Gasteiger partial charge in [-0.05, 0) is 29.8 Å². The third kappa shape index (κ3) is 3.59. The van der Waals surface area contributed by atoms with Crippen molar-refractivity contribution < 1.29 is 24.2 Å². The number of carbonyl (C=O) groups is 2. The SMILES string of the molecule is O=C(O)CN(Cc1ccc(F)cc1)C(=O)c1ncc2cccnc2c1O. The number of carboxylic acid groups (broad SMARTS) is 1.